The standard InChI is InChI=1S/C28H36N4O3/c1-3-32-25(20-24(30-32)26-16-11-19-35-26)28(34)31(18-17-22-12-7-4-5-8-13-22)21(2)27(33)29-23-14-9-6-10-15-23/h4-5,7,11-13,16,19-21,23H,3,6,8-10,14-15,17-18H2,1-2H3,(H,29,33). The fraction of sp³-hybridized carbons (Fsp3) is 0.464. The van der Waals surface area contributed by atoms with Gasteiger partial charge in [-0.2, -0.15) is 5.10 Å². The van der Waals surface area contributed by atoms with Gasteiger partial charge in [0.1, 0.15) is 17.4 Å². The van der Waals surface area contributed by atoms with Crippen LogP contribution in [0.1, 0.15) is 69.3 Å². The lowest BCUT2D eigenvalue weighted by Crippen LogP contribution is -2.51. The average molecular weight is 477 g/mol. The Morgan fingerprint density at radius 3 is 2.83 bits per heavy atom. The van der Waals surface area contributed by atoms with E-state index in [4.69, 9.17) is 4.42 Å². The zero-order chi connectivity index (χ0) is 24.6. The maximum atomic E-state index is 13.9. The Hall–Kier alpha value is -3.35. The van der Waals surface area contributed by atoms with Crippen LogP contribution in [0.2, 0.25) is 0 Å². The van der Waals surface area contributed by atoms with Gasteiger partial charge in [0.25, 0.3) is 5.91 Å². The monoisotopic (exact) mass is 476 g/mol. The molecule has 0 aromatic carbocycles. The molecule has 2 aliphatic rings. The summed E-state index contributed by atoms with van der Waals surface area (Å²) in [4.78, 5) is 28.8. The molecule has 2 aliphatic carbocycles. The Bertz CT molecular complexity index is 1090. The van der Waals surface area contributed by atoms with Gasteiger partial charge in [0, 0.05) is 25.2 Å². The van der Waals surface area contributed by atoms with Gasteiger partial charge in [-0.15, -0.1) is 0 Å². The molecule has 0 spiro atoms. The van der Waals surface area contributed by atoms with Crippen molar-refractivity contribution in [2.45, 2.75) is 77.4 Å². The van der Waals surface area contributed by atoms with Gasteiger partial charge in [-0.25, -0.2) is 0 Å². The Morgan fingerprint density at radius 2 is 2.09 bits per heavy atom. The topological polar surface area (TPSA) is 80.4 Å². The molecule has 0 saturated heterocycles. The van der Waals surface area contributed by atoms with Gasteiger partial charge in [-0.3, -0.25) is 14.3 Å². The number of carbonyl (C=O) groups excluding carboxylic acids is 2. The molecule has 0 radical (unpaired) electrons. The van der Waals surface area contributed by atoms with E-state index in [0.29, 0.717) is 36.7 Å². The molecule has 1 fully saturated rings. The highest BCUT2D eigenvalue weighted by atomic mass is 16.3. The number of rotatable bonds is 9. The Morgan fingerprint density at radius 1 is 1.26 bits per heavy atom. The van der Waals surface area contributed by atoms with Crippen molar-refractivity contribution in [3.63, 3.8) is 0 Å². The predicted octanol–water partition coefficient (Wildman–Crippen LogP) is 5.28. The number of nitrogens with zero attached hydrogens (tertiary/aromatic N) is 3. The average Bonchev–Trinajstić information content (AvgIpc) is 3.49. The molecule has 1 atom stereocenters. The van der Waals surface area contributed by atoms with Gasteiger partial charge in [-0.05, 0) is 57.2 Å². The number of amides is 2. The van der Waals surface area contributed by atoms with E-state index in [2.05, 4.69) is 28.6 Å². The Balaban J connectivity index is 1.56. The maximum Gasteiger partial charge on any atom is 0.272 e. The lowest BCUT2D eigenvalue weighted by atomic mass is 9.95. The van der Waals surface area contributed by atoms with Crippen LogP contribution in [0.4, 0.5) is 0 Å². The van der Waals surface area contributed by atoms with Gasteiger partial charge >= 0.3 is 0 Å². The minimum absolute atomic E-state index is 0.0915. The molecule has 2 aromatic heterocycles. The van der Waals surface area contributed by atoms with Crippen molar-refractivity contribution in [2.75, 3.05) is 6.54 Å². The van der Waals surface area contributed by atoms with Crippen LogP contribution in [-0.4, -0.2) is 45.1 Å². The molecule has 1 saturated carbocycles. The van der Waals surface area contributed by atoms with E-state index in [9.17, 15) is 9.59 Å². The molecule has 2 amide bonds. The minimum Gasteiger partial charge on any atom is -0.463 e. The van der Waals surface area contributed by atoms with E-state index in [1.54, 1.807) is 28.0 Å². The van der Waals surface area contributed by atoms with Crippen molar-refractivity contribution < 1.29 is 14.0 Å². The summed E-state index contributed by atoms with van der Waals surface area (Å²) in [6.07, 6.45) is 19.0. The number of hydrogen-bond donors (Lipinski definition) is 1. The van der Waals surface area contributed by atoms with E-state index in [1.165, 1.54) is 6.42 Å². The summed E-state index contributed by atoms with van der Waals surface area (Å²) in [7, 11) is 0. The summed E-state index contributed by atoms with van der Waals surface area (Å²) in [5.41, 5.74) is 2.23. The van der Waals surface area contributed by atoms with E-state index in [-0.39, 0.29) is 17.9 Å². The molecule has 0 aliphatic heterocycles. The number of hydrogen-bond acceptors (Lipinski definition) is 4. The SMILES string of the molecule is CCn1nc(-c2ccco2)cc1C(=O)N(CCC1=CCC=CC=C1)C(C)C(=O)NC1CCCCC1. The van der Waals surface area contributed by atoms with Crippen molar-refractivity contribution in [1.29, 1.82) is 0 Å². The summed E-state index contributed by atoms with van der Waals surface area (Å²) in [5, 5.41) is 7.78. The summed E-state index contributed by atoms with van der Waals surface area (Å²) in [5.74, 6) is 0.327. The second-order valence-corrected chi connectivity index (χ2v) is 9.28. The number of furan rings is 1. The maximum absolute atomic E-state index is 13.9. The minimum atomic E-state index is -0.592. The van der Waals surface area contributed by atoms with Crippen LogP contribution in [0.25, 0.3) is 11.5 Å². The van der Waals surface area contributed by atoms with Crippen molar-refractivity contribution in [3.8, 4) is 11.5 Å². The highest BCUT2D eigenvalue weighted by molar-refractivity contribution is 5.97. The predicted molar refractivity (Wildman–Crippen MR) is 137 cm³/mol. The molecule has 2 heterocycles. The van der Waals surface area contributed by atoms with Gasteiger partial charge in [0.15, 0.2) is 5.76 Å². The molecule has 1 unspecified atom stereocenters. The normalized spacial score (nSPS) is 17.0. The van der Waals surface area contributed by atoms with Crippen LogP contribution >= 0.6 is 0 Å². The molecule has 7 heteroatoms. The smallest absolute Gasteiger partial charge is 0.272 e. The van der Waals surface area contributed by atoms with E-state index in [0.717, 1.165) is 37.7 Å². The van der Waals surface area contributed by atoms with Crippen molar-refractivity contribution in [1.82, 2.24) is 20.0 Å². The zero-order valence-corrected chi connectivity index (χ0v) is 20.8. The lowest BCUT2D eigenvalue weighted by Gasteiger charge is -2.31. The third kappa shape index (κ3) is 6.21. The second kappa shape index (κ2) is 11.9. The van der Waals surface area contributed by atoms with Crippen molar-refractivity contribution >= 4 is 11.8 Å². The number of aryl methyl sites for hydroxylation is 1. The first kappa shape index (κ1) is 24.8. The van der Waals surface area contributed by atoms with Gasteiger partial charge in [0.2, 0.25) is 5.91 Å². The van der Waals surface area contributed by atoms with Gasteiger partial charge in [-0.1, -0.05) is 49.6 Å². The molecule has 186 valence electrons. The van der Waals surface area contributed by atoms with Crippen LogP contribution in [0.5, 0.6) is 0 Å². The largest absolute Gasteiger partial charge is 0.463 e. The molecule has 7 nitrogen and oxygen atoms in total. The van der Waals surface area contributed by atoms with E-state index in [1.807, 2.05) is 32.1 Å². The molecular weight excluding hydrogens is 440 g/mol. The molecule has 1 N–H and O–H groups in total. The Kier molecular flexibility index (Phi) is 8.40. The number of allylic oxidation sites excluding steroid dienone is 5. The van der Waals surface area contributed by atoms with Crippen LogP contribution < -0.4 is 5.32 Å². The quantitative estimate of drug-likeness (QED) is 0.534. The highest BCUT2D eigenvalue weighted by Crippen LogP contribution is 2.23. The van der Waals surface area contributed by atoms with Crippen LogP contribution in [-0.2, 0) is 11.3 Å². The molecule has 35 heavy (non-hydrogen) atoms. The third-order valence-electron chi connectivity index (χ3n) is 6.85. The summed E-state index contributed by atoms with van der Waals surface area (Å²) in [6, 6.07) is 4.99. The summed E-state index contributed by atoms with van der Waals surface area (Å²) < 4.78 is 7.18. The highest BCUT2D eigenvalue weighted by Gasteiger charge is 2.31. The molecular formula is C28H36N4O3. The van der Waals surface area contributed by atoms with Crippen molar-refractivity contribution in [2.24, 2.45) is 0 Å². The first-order chi connectivity index (χ1) is 17.1. The lowest BCUT2D eigenvalue weighted by molar-refractivity contribution is -0.126. The number of nitrogens with one attached hydrogen (secondary N) is 1. The van der Waals surface area contributed by atoms with Crippen LogP contribution in [0, 0.1) is 0 Å². The zero-order valence-electron chi connectivity index (χ0n) is 20.8. The second-order valence-electron chi connectivity index (χ2n) is 9.28. The van der Waals surface area contributed by atoms with Crippen molar-refractivity contribution in [3.05, 3.63) is 66.1 Å². The first-order valence-electron chi connectivity index (χ1n) is 12.8. The summed E-state index contributed by atoms with van der Waals surface area (Å²) >= 11 is 0. The van der Waals surface area contributed by atoms with Gasteiger partial charge in [0.05, 0.1) is 6.26 Å². The van der Waals surface area contributed by atoms with E-state index < -0.39 is 6.04 Å². The number of aromatic nitrogens is 2. The number of carbonyl (C=O) groups is 2. The van der Waals surface area contributed by atoms with Gasteiger partial charge < -0.3 is 14.6 Å². The van der Waals surface area contributed by atoms with Crippen LogP contribution in [0.15, 0.2) is 64.8 Å². The van der Waals surface area contributed by atoms with Crippen LogP contribution in [0.3, 0.4) is 0 Å². The third-order valence-corrected chi connectivity index (χ3v) is 6.85. The molecule has 0 bridgehead atoms. The molecule has 4 rings (SSSR count). The van der Waals surface area contributed by atoms with E-state index >= 15 is 0 Å². The fourth-order valence-corrected chi connectivity index (χ4v) is 4.76. The molecule has 2 aromatic rings. The Labute approximate surface area is 207 Å². The fourth-order valence-electron chi connectivity index (χ4n) is 4.76. The first-order valence-corrected chi connectivity index (χ1v) is 12.8. The summed E-state index contributed by atoms with van der Waals surface area (Å²) in [6.45, 7) is 4.76.